The molecular weight excluding hydrogens is 206 g/mol. The van der Waals surface area contributed by atoms with E-state index in [0.717, 1.165) is 17.0 Å². The van der Waals surface area contributed by atoms with E-state index in [-0.39, 0.29) is 0 Å². The van der Waals surface area contributed by atoms with E-state index in [4.69, 9.17) is 11.6 Å². The molecule has 1 aromatic carbocycles. The number of halogens is 1. The van der Waals surface area contributed by atoms with Crippen LogP contribution in [0.25, 0.3) is 0 Å². The summed E-state index contributed by atoms with van der Waals surface area (Å²) in [6.07, 6.45) is 0.956. The van der Waals surface area contributed by atoms with Gasteiger partial charge in [0, 0.05) is 11.1 Å². The van der Waals surface area contributed by atoms with Gasteiger partial charge >= 0.3 is 0 Å². The van der Waals surface area contributed by atoms with Gasteiger partial charge < -0.3 is 5.32 Å². The zero-order valence-corrected chi connectivity index (χ0v) is 10.4. The topological polar surface area (TPSA) is 12.0 Å². The van der Waals surface area contributed by atoms with Crippen LogP contribution in [0.5, 0.6) is 0 Å². The first-order valence-corrected chi connectivity index (χ1v) is 5.50. The second-order valence-electron chi connectivity index (χ2n) is 4.01. The zero-order valence-electron chi connectivity index (χ0n) is 9.60. The van der Waals surface area contributed by atoms with Crippen molar-refractivity contribution < 1.29 is 0 Å². The Morgan fingerprint density at radius 3 is 2.67 bits per heavy atom. The molecule has 0 aliphatic rings. The number of aryl methyl sites for hydroxylation is 1. The van der Waals surface area contributed by atoms with Crippen molar-refractivity contribution in [2.45, 2.75) is 26.3 Å². The Hall–Kier alpha value is -0.790. The Kier molecular flexibility index (Phi) is 4.37. The van der Waals surface area contributed by atoms with Crippen LogP contribution in [0.15, 0.2) is 30.4 Å². The fraction of sp³-hybridized carbons (Fsp3) is 0.385. The molecule has 15 heavy (non-hydrogen) atoms. The summed E-state index contributed by atoms with van der Waals surface area (Å²) < 4.78 is 0. The second-order valence-corrected chi connectivity index (χ2v) is 4.42. The van der Waals surface area contributed by atoms with Gasteiger partial charge in [0.2, 0.25) is 0 Å². The predicted molar refractivity (Wildman–Crippen MR) is 67.4 cm³/mol. The van der Waals surface area contributed by atoms with Crippen molar-refractivity contribution in [2.75, 3.05) is 7.05 Å². The van der Waals surface area contributed by atoms with Crippen LogP contribution in [-0.4, -0.2) is 7.05 Å². The largest absolute Gasteiger partial charge is 0.313 e. The molecule has 0 amide bonds. The molecule has 1 unspecified atom stereocenters. The molecule has 1 N–H and O–H groups in total. The van der Waals surface area contributed by atoms with Crippen LogP contribution in [-0.2, 0) is 0 Å². The minimum absolute atomic E-state index is 0.332. The van der Waals surface area contributed by atoms with E-state index in [1.807, 2.05) is 27.0 Å². The van der Waals surface area contributed by atoms with Gasteiger partial charge in [0.25, 0.3) is 0 Å². The molecule has 0 fully saturated rings. The summed E-state index contributed by atoms with van der Waals surface area (Å²) in [5.74, 6) is 0. The highest BCUT2D eigenvalue weighted by atomic mass is 35.5. The molecular formula is C13H18ClN. The molecule has 1 rings (SSSR count). The van der Waals surface area contributed by atoms with E-state index in [1.54, 1.807) is 0 Å². The predicted octanol–water partition coefficient (Wildman–Crippen LogP) is 3.88. The number of rotatable bonds is 4. The molecule has 0 heterocycles. The van der Waals surface area contributed by atoms with Crippen molar-refractivity contribution in [3.05, 3.63) is 46.5 Å². The van der Waals surface area contributed by atoms with Crippen LogP contribution in [0.3, 0.4) is 0 Å². The molecule has 1 nitrogen and oxygen atoms in total. The molecule has 0 saturated carbocycles. The Morgan fingerprint density at radius 2 is 2.20 bits per heavy atom. The first kappa shape index (κ1) is 12.3. The fourth-order valence-electron chi connectivity index (χ4n) is 1.62. The molecule has 0 bridgehead atoms. The third-order valence-electron chi connectivity index (χ3n) is 2.49. The monoisotopic (exact) mass is 223 g/mol. The van der Waals surface area contributed by atoms with Gasteiger partial charge in [0.05, 0.1) is 0 Å². The minimum atomic E-state index is 0.332. The summed E-state index contributed by atoms with van der Waals surface area (Å²) in [7, 11) is 1.97. The summed E-state index contributed by atoms with van der Waals surface area (Å²) in [5.41, 5.74) is 3.57. The van der Waals surface area contributed by atoms with E-state index in [0.29, 0.717) is 6.04 Å². The van der Waals surface area contributed by atoms with Gasteiger partial charge in [0.15, 0.2) is 0 Å². The van der Waals surface area contributed by atoms with Crippen molar-refractivity contribution in [1.29, 1.82) is 0 Å². The highest BCUT2D eigenvalue weighted by molar-refractivity contribution is 6.31. The van der Waals surface area contributed by atoms with Crippen LogP contribution in [0.1, 0.15) is 30.5 Å². The lowest BCUT2D eigenvalue weighted by Crippen LogP contribution is -2.16. The van der Waals surface area contributed by atoms with Gasteiger partial charge in [-0.15, -0.1) is 6.58 Å². The summed E-state index contributed by atoms with van der Waals surface area (Å²) in [6, 6.07) is 6.49. The summed E-state index contributed by atoms with van der Waals surface area (Å²) in [6.45, 7) is 8.02. The molecule has 1 atom stereocenters. The average Bonchev–Trinajstić information content (AvgIpc) is 2.18. The Bertz CT molecular complexity index is 358. The summed E-state index contributed by atoms with van der Waals surface area (Å²) >= 11 is 6.00. The van der Waals surface area contributed by atoms with Crippen molar-refractivity contribution in [3.8, 4) is 0 Å². The second kappa shape index (κ2) is 5.34. The third-order valence-corrected chi connectivity index (χ3v) is 2.91. The number of hydrogen-bond acceptors (Lipinski definition) is 1. The summed E-state index contributed by atoms with van der Waals surface area (Å²) in [4.78, 5) is 0. The molecule has 0 spiro atoms. The molecule has 0 aliphatic heterocycles. The van der Waals surface area contributed by atoms with Crippen molar-refractivity contribution >= 4 is 11.6 Å². The first-order valence-electron chi connectivity index (χ1n) is 5.12. The van der Waals surface area contributed by atoms with Crippen LogP contribution in [0.2, 0.25) is 5.02 Å². The Morgan fingerprint density at radius 1 is 1.53 bits per heavy atom. The highest BCUT2D eigenvalue weighted by Gasteiger charge is 2.09. The van der Waals surface area contributed by atoms with Crippen LogP contribution < -0.4 is 5.32 Å². The number of nitrogens with one attached hydrogen (secondary N) is 1. The molecule has 1 aromatic rings. The van der Waals surface area contributed by atoms with Crippen molar-refractivity contribution in [3.63, 3.8) is 0 Å². The van der Waals surface area contributed by atoms with Gasteiger partial charge in [-0.2, -0.15) is 0 Å². The molecule has 2 heteroatoms. The van der Waals surface area contributed by atoms with E-state index < -0.39 is 0 Å². The minimum Gasteiger partial charge on any atom is -0.313 e. The number of hydrogen-bond donors (Lipinski definition) is 1. The third kappa shape index (κ3) is 3.37. The first-order chi connectivity index (χ1) is 7.04. The van der Waals surface area contributed by atoms with Gasteiger partial charge in [-0.1, -0.05) is 29.3 Å². The van der Waals surface area contributed by atoms with Crippen LogP contribution >= 0.6 is 11.6 Å². The normalized spacial score (nSPS) is 12.5. The standard InChI is InChI=1S/C13H18ClN/c1-9(2)7-13(15-4)11-5-6-12(14)10(3)8-11/h5-6,8,13,15H,1,7H2,2-4H3. The lowest BCUT2D eigenvalue weighted by molar-refractivity contribution is 0.589. The maximum atomic E-state index is 6.00. The highest BCUT2D eigenvalue weighted by Crippen LogP contribution is 2.24. The average molecular weight is 224 g/mol. The van der Waals surface area contributed by atoms with Gasteiger partial charge in [-0.05, 0) is 44.5 Å². The van der Waals surface area contributed by atoms with Crippen molar-refractivity contribution in [1.82, 2.24) is 5.32 Å². The molecule has 0 aromatic heterocycles. The zero-order chi connectivity index (χ0) is 11.4. The van der Waals surface area contributed by atoms with Gasteiger partial charge in [-0.25, -0.2) is 0 Å². The number of benzene rings is 1. The lowest BCUT2D eigenvalue weighted by Gasteiger charge is -2.17. The van der Waals surface area contributed by atoms with Gasteiger partial charge in [-0.3, -0.25) is 0 Å². The molecule has 0 aliphatic carbocycles. The lowest BCUT2D eigenvalue weighted by atomic mass is 9.99. The van der Waals surface area contributed by atoms with E-state index >= 15 is 0 Å². The fourth-order valence-corrected chi connectivity index (χ4v) is 1.74. The summed E-state index contributed by atoms with van der Waals surface area (Å²) in [5, 5.41) is 4.12. The molecule has 0 saturated heterocycles. The van der Waals surface area contributed by atoms with Crippen LogP contribution in [0.4, 0.5) is 0 Å². The molecule has 0 radical (unpaired) electrons. The Labute approximate surface area is 97.1 Å². The maximum Gasteiger partial charge on any atom is 0.0435 e. The maximum absolute atomic E-state index is 6.00. The van der Waals surface area contributed by atoms with Crippen LogP contribution in [0, 0.1) is 6.92 Å². The smallest absolute Gasteiger partial charge is 0.0435 e. The van der Waals surface area contributed by atoms with Gasteiger partial charge in [0.1, 0.15) is 0 Å². The van der Waals surface area contributed by atoms with E-state index in [1.165, 1.54) is 11.1 Å². The van der Waals surface area contributed by atoms with E-state index in [9.17, 15) is 0 Å². The van der Waals surface area contributed by atoms with E-state index in [2.05, 4.69) is 24.0 Å². The Balaban J connectivity index is 2.92. The van der Waals surface area contributed by atoms with Crippen molar-refractivity contribution in [2.24, 2.45) is 0 Å². The molecule has 82 valence electrons. The SMILES string of the molecule is C=C(C)CC(NC)c1ccc(Cl)c(C)c1. The quantitative estimate of drug-likeness (QED) is 0.764.